The fourth-order valence-corrected chi connectivity index (χ4v) is 2.79. The molecule has 1 aliphatic rings. The van der Waals surface area contributed by atoms with E-state index in [1.807, 2.05) is 6.92 Å². The smallest absolute Gasteiger partial charge is 0.317 e. The Morgan fingerprint density at radius 3 is 2.88 bits per heavy atom. The Kier molecular flexibility index (Phi) is 7.53. The monoisotopic (exact) mass is 383 g/mol. The average Bonchev–Trinajstić information content (AvgIpc) is 2.64. The first kappa shape index (κ1) is 20.3. The maximum absolute atomic E-state index is 12.5. The molecule has 0 spiro atoms. The van der Waals surface area contributed by atoms with Crippen LogP contribution in [0.15, 0.2) is 18.2 Å². The third kappa shape index (κ3) is 5.51. The van der Waals surface area contributed by atoms with E-state index in [4.69, 9.17) is 21.1 Å². The number of benzene rings is 1. The normalized spacial score (nSPS) is 16.9. The Morgan fingerprint density at radius 1 is 1.42 bits per heavy atom. The molecule has 1 aliphatic heterocycles. The van der Waals surface area contributed by atoms with Crippen LogP contribution in [0.5, 0.6) is 5.75 Å². The van der Waals surface area contributed by atoms with Crippen molar-refractivity contribution < 1.29 is 19.1 Å². The minimum atomic E-state index is -0.626. The van der Waals surface area contributed by atoms with Crippen LogP contribution in [0, 0.1) is 0 Å². The van der Waals surface area contributed by atoms with E-state index in [0.29, 0.717) is 37.1 Å². The van der Waals surface area contributed by atoms with Crippen molar-refractivity contribution in [3.63, 3.8) is 0 Å². The maximum Gasteiger partial charge on any atom is 0.317 e. The molecule has 0 radical (unpaired) electrons. The zero-order chi connectivity index (χ0) is 19.1. The number of nitrogens with one attached hydrogen (secondary N) is 1. The first-order valence-corrected chi connectivity index (χ1v) is 9.07. The molecule has 0 aromatic heterocycles. The van der Waals surface area contributed by atoms with Crippen LogP contribution < -0.4 is 10.1 Å². The lowest BCUT2D eigenvalue weighted by atomic mass is 10.2. The van der Waals surface area contributed by atoms with E-state index in [1.165, 1.54) is 4.90 Å². The predicted molar refractivity (Wildman–Crippen MR) is 99.5 cm³/mol. The number of morpholine rings is 1. The second-order valence-electron chi connectivity index (χ2n) is 6.30. The zero-order valence-electron chi connectivity index (χ0n) is 15.5. The lowest BCUT2D eigenvalue weighted by Crippen LogP contribution is -2.53. The van der Waals surface area contributed by atoms with Gasteiger partial charge in [0.25, 0.3) is 5.91 Å². The Bertz CT molecular complexity index is 639. The molecular weight excluding hydrogens is 358 g/mol. The van der Waals surface area contributed by atoms with Crippen molar-refractivity contribution in [3.05, 3.63) is 28.8 Å². The quantitative estimate of drug-likeness (QED) is 0.816. The van der Waals surface area contributed by atoms with Gasteiger partial charge in [0.1, 0.15) is 5.75 Å². The molecule has 1 atom stereocenters. The number of likely N-dealkylation sites (N-methyl/N-ethyl adjacent to an activating group) is 1. The molecule has 26 heavy (non-hydrogen) atoms. The third-order valence-electron chi connectivity index (χ3n) is 3.98. The van der Waals surface area contributed by atoms with Gasteiger partial charge in [-0.1, -0.05) is 18.5 Å². The first-order valence-electron chi connectivity index (χ1n) is 8.69. The lowest BCUT2D eigenvalue weighted by molar-refractivity contribution is -0.145. The van der Waals surface area contributed by atoms with Crippen molar-refractivity contribution in [2.45, 2.75) is 26.0 Å². The molecule has 144 valence electrons. The highest BCUT2D eigenvalue weighted by Crippen LogP contribution is 2.23. The van der Waals surface area contributed by atoms with Gasteiger partial charge in [-0.2, -0.15) is 0 Å². The second kappa shape index (κ2) is 9.64. The molecule has 0 bridgehead atoms. The van der Waals surface area contributed by atoms with Gasteiger partial charge in [-0.3, -0.25) is 4.79 Å². The number of carbonyl (C=O) groups excluding carboxylic acids is 2. The fourth-order valence-electron chi connectivity index (χ4n) is 2.59. The van der Waals surface area contributed by atoms with E-state index in [1.54, 1.807) is 37.2 Å². The number of amides is 3. The summed E-state index contributed by atoms with van der Waals surface area (Å²) in [5.41, 5.74) is 0.813. The molecule has 7 nitrogen and oxygen atoms in total. The Hall–Kier alpha value is -1.99. The van der Waals surface area contributed by atoms with Crippen LogP contribution in [0.1, 0.15) is 18.9 Å². The molecular formula is C18H26ClN3O4. The molecule has 2 rings (SSSR count). The molecule has 1 N–H and O–H groups in total. The summed E-state index contributed by atoms with van der Waals surface area (Å²) in [4.78, 5) is 27.6. The highest BCUT2D eigenvalue weighted by Gasteiger charge is 2.30. The van der Waals surface area contributed by atoms with Gasteiger partial charge < -0.3 is 24.6 Å². The van der Waals surface area contributed by atoms with E-state index in [2.05, 4.69) is 5.32 Å². The van der Waals surface area contributed by atoms with Crippen LogP contribution in [-0.4, -0.2) is 68.2 Å². The highest BCUT2D eigenvalue weighted by atomic mass is 35.5. The number of rotatable bonds is 6. The van der Waals surface area contributed by atoms with E-state index >= 15 is 0 Å². The highest BCUT2D eigenvalue weighted by molar-refractivity contribution is 6.30. The average molecular weight is 384 g/mol. The van der Waals surface area contributed by atoms with Gasteiger partial charge in [0, 0.05) is 37.8 Å². The van der Waals surface area contributed by atoms with Gasteiger partial charge in [0.05, 0.1) is 19.8 Å². The fraction of sp³-hybridized carbons (Fsp3) is 0.556. The minimum absolute atomic E-state index is 0.146. The van der Waals surface area contributed by atoms with Crippen LogP contribution in [0.2, 0.25) is 5.02 Å². The van der Waals surface area contributed by atoms with Crippen molar-refractivity contribution in [1.82, 2.24) is 15.1 Å². The van der Waals surface area contributed by atoms with Crippen molar-refractivity contribution in [3.8, 4) is 5.75 Å². The predicted octanol–water partition coefficient (Wildman–Crippen LogP) is 2.13. The molecule has 0 aliphatic carbocycles. The maximum atomic E-state index is 12.5. The summed E-state index contributed by atoms with van der Waals surface area (Å²) in [6, 6.07) is 5.10. The van der Waals surface area contributed by atoms with Gasteiger partial charge >= 0.3 is 6.03 Å². The zero-order valence-corrected chi connectivity index (χ0v) is 16.2. The van der Waals surface area contributed by atoms with Crippen LogP contribution in [-0.2, 0) is 16.1 Å². The van der Waals surface area contributed by atoms with Crippen molar-refractivity contribution >= 4 is 23.5 Å². The molecule has 0 unspecified atom stereocenters. The van der Waals surface area contributed by atoms with Gasteiger partial charge in [-0.25, -0.2) is 4.79 Å². The number of hydrogen-bond donors (Lipinski definition) is 1. The van der Waals surface area contributed by atoms with E-state index in [0.717, 1.165) is 12.0 Å². The van der Waals surface area contributed by atoms with Crippen LogP contribution in [0.4, 0.5) is 4.79 Å². The number of carbonyl (C=O) groups is 2. The Balaban J connectivity index is 1.96. The van der Waals surface area contributed by atoms with E-state index in [-0.39, 0.29) is 18.5 Å². The van der Waals surface area contributed by atoms with Gasteiger partial charge in [-0.15, -0.1) is 0 Å². The molecule has 0 saturated carbocycles. The summed E-state index contributed by atoms with van der Waals surface area (Å²) in [6.45, 7) is 3.93. The first-order chi connectivity index (χ1) is 12.4. The van der Waals surface area contributed by atoms with E-state index < -0.39 is 6.10 Å². The molecule has 1 aromatic rings. The van der Waals surface area contributed by atoms with E-state index in [9.17, 15) is 9.59 Å². The van der Waals surface area contributed by atoms with Gasteiger partial charge in [0.2, 0.25) is 0 Å². The van der Waals surface area contributed by atoms with Crippen LogP contribution in [0.3, 0.4) is 0 Å². The molecule has 1 heterocycles. The summed E-state index contributed by atoms with van der Waals surface area (Å²) < 4.78 is 11.2. The number of urea groups is 1. The van der Waals surface area contributed by atoms with Crippen LogP contribution >= 0.6 is 11.6 Å². The summed E-state index contributed by atoms with van der Waals surface area (Å²) in [7, 11) is 3.34. The standard InChI is InChI=1S/C18H26ClN3O4/c1-4-8-25-15-6-5-14(19)10-13(15)11-20-18(24)22-7-9-26-16(12-22)17(23)21(2)3/h5-6,10,16H,4,7-9,11-12H2,1-3H3,(H,20,24)/t16-/m1/s1. The number of hydrogen-bond acceptors (Lipinski definition) is 4. The topological polar surface area (TPSA) is 71.1 Å². The number of nitrogens with zero attached hydrogens (tertiary/aromatic N) is 2. The van der Waals surface area contributed by atoms with Crippen molar-refractivity contribution in [1.29, 1.82) is 0 Å². The SMILES string of the molecule is CCCOc1ccc(Cl)cc1CNC(=O)N1CCO[C@@H](C(=O)N(C)C)C1. The Morgan fingerprint density at radius 2 is 2.19 bits per heavy atom. The largest absolute Gasteiger partial charge is 0.493 e. The summed E-state index contributed by atoms with van der Waals surface area (Å²) in [6.07, 6.45) is 0.267. The second-order valence-corrected chi connectivity index (χ2v) is 6.73. The van der Waals surface area contributed by atoms with Crippen LogP contribution in [0.25, 0.3) is 0 Å². The molecule has 1 fully saturated rings. The molecule has 8 heteroatoms. The summed E-state index contributed by atoms with van der Waals surface area (Å²) >= 11 is 6.06. The minimum Gasteiger partial charge on any atom is -0.493 e. The number of ether oxygens (including phenoxy) is 2. The van der Waals surface area contributed by atoms with Gasteiger partial charge in [0.15, 0.2) is 6.10 Å². The van der Waals surface area contributed by atoms with Crippen molar-refractivity contribution in [2.24, 2.45) is 0 Å². The molecule has 1 saturated heterocycles. The molecule has 3 amide bonds. The number of halogens is 1. The summed E-state index contributed by atoms with van der Waals surface area (Å²) in [5, 5.41) is 3.45. The Labute approximate surface area is 159 Å². The summed E-state index contributed by atoms with van der Waals surface area (Å²) in [5.74, 6) is 0.562. The molecule has 1 aromatic carbocycles. The third-order valence-corrected chi connectivity index (χ3v) is 4.22. The van der Waals surface area contributed by atoms with Gasteiger partial charge in [-0.05, 0) is 24.6 Å². The van der Waals surface area contributed by atoms with Crippen molar-refractivity contribution in [2.75, 3.05) is 40.4 Å². The lowest BCUT2D eigenvalue weighted by Gasteiger charge is -2.33.